The molecule has 0 bridgehead atoms. The van der Waals surface area contributed by atoms with Gasteiger partial charge in [0.1, 0.15) is 11.6 Å². The van der Waals surface area contributed by atoms with Gasteiger partial charge in [-0.1, -0.05) is 11.6 Å². The Labute approximate surface area is 110 Å². The zero-order valence-corrected chi connectivity index (χ0v) is 10.8. The molecule has 0 saturated carbocycles. The topological polar surface area (TPSA) is 59.1 Å². The summed E-state index contributed by atoms with van der Waals surface area (Å²) in [7, 11) is 3.37. The van der Waals surface area contributed by atoms with Crippen molar-refractivity contribution < 1.29 is 4.74 Å². The van der Waals surface area contributed by atoms with Crippen molar-refractivity contribution in [1.29, 1.82) is 0 Å². The predicted molar refractivity (Wildman–Crippen MR) is 72.9 cm³/mol. The van der Waals surface area contributed by atoms with Gasteiger partial charge in [0.25, 0.3) is 0 Å². The zero-order valence-electron chi connectivity index (χ0n) is 10.1. The number of nitrogens with one attached hydrogen (secondary N) is 2. The number of benzene rings is 1. The van der Waals surface area contributed by atoms with Gasteiger partial charge in [-0.25, -0.2) is 4.98 Å². The number of nitrogens with zero attached hydrogens (tertiary/aromatic N) is 2. The highest BCUT2D eigenvalue weighted by Crippen LogP contribution is 2.28. The van der Waals surface area contributed by atoms with Gasteiger partial charge in [0, 0.05) is 12.7 Å². The molecule has 0 unspecified atom stereocenters. The number of aromatic nitrogens is 2. The summed E-state index contributed by atoms with van der Waals surface area (Å²) in [6.45, 7) is 0. The fourth-order valence-electron chi connectivity index (χ4n) is 1.44. The molecule has 0 saturated heterocycles. The van der Waals surface area contributed by atoms with Crippen LogP contribution in [-0.2, 0) is 0 Å². The molecular formula is C12H13ClN4O. The van der Waals surface area contributed by atoms with Gasteiger partial charge in [0.15, 0.2) is 5.82 Å². The Hall–Kier alpha value is -2.01. The number of methoxy groups -OCH3 is 1. The van der Waals surface area contributed by atoms with Crippen LogP contribution in [0.25, 0.3) is 0 Å². The van der Waals surface area contributed by atoms with E-state index in [0.29, 0.717) is 22.4 Å². The first-order valence-corrected chi connectivity index (χ1v) is 5.71. The van der Waals surface area contributed by atoms with Crippen LogP contribution in [0.1, 0.15) is 0 Å². The van der Waals surface area contributed by atoms with Crippen LogP contribution >= 0.6 is 11.6 Å². The second kappa shape index (κ2) is 5.55. The SMILES string of the molecule is CNc1cncc(Nc2ccc(OC)c(Cl)c2)n1. The van der Waals surface area contributed by atoms with Gasteiger partial charge >= 0.3 is 0 Å². The average Bonchev–Trinajstić information content (AvgIpc) is 2.39. The molecule has 5 nitrogen and oxygen atoms in total. The van der Waals surface area contributed by atoms with Crippen molar-refractivity contribution in [2.75, 3.05) is 24.8 Å². The smallest absolute Gasteiger partial charge is 0.151 e. The normalized spacial score (nSPS) is 9.94. The Kier molecular flexibility index (Phi) is 3.84. The van der Waals surface area contributed by atoms with Crippen molar-refractivity contribution >= 4 is 28.9 Å². The average molecular weight is 265 g/mol. The van der Waals surface area contributed by atoms with E-state index in [1.165, 1.54) is 0 Å². The second-order valence-corrected chi connectivity index (χ2v) is 3.92. The van der Waals surface area contributed by atoms with Crippen molar-refractivity contribution in [1.82, 2.24) is 9.97 Å². The first-order valence-electron chi connectivity index (χ1n) is 5.33. The van der Waals surface area contributed by atoms with Gasteiger partial charge in [-0.2, -0.15) is 0 Å². The lowest BCUT2D eigenvalue weighted by Crippen LogP contribution is -1.99. The maximum Gasteiger partial charge on any atom is 0.151 e. The minimum absolute atomic E-state index is 0.542. The lowest BCUT2D eigenvalue weighted by molar-refractivity contribution is 0.415. The van der Waals surface area contributed by atoms with Crippen molar-refractivity contribution in [3.05, 3.63) is 35.6 Å². The molecule has 2 N–H and O–H groups in total. The third kappa shape index (κ3) is 2.81. The summed E-state index contributed by atoms with van der Waals surface area (Å²) in [5.41, 5.74) is 0.823. The van der Waals surface area contributed by atoms with E-state index in [0.717, 1.165) is 5.69 Å². The maximum absolute atomic E-state index is 6.04. The van der Waals surface area contributed by atoms with Crippen LogP contribution in [0.5, 0.6) is 5.75 Å². The molecule has 0 fully saturated rings. The van der Waals surface area contributed by atoms with Gasteiger partial charge < -0.3 is 15.4 Å². The highest BCUT2D eigenvalue weighted by Gasteiger charge is 2.03. The van der Waals surface area contributed by atoms with Crippen molar-refractivity contribution in [2.24, 2.45) is 0 Å². The fraction of sp³-hybridized carbons (Fsp3) is 0.167. The molecule has 0 radical (unpaired) electrons. The number of ether oxygens (including phenoxy) is 1. The van der Waals surface area contributed by atoms with E-state index >= 15 is 0 Å². The predicted octanol–water partition coefficient (Wildman–Crippen LogP) is 2.92. The Morgan fingerprint density at radius 3 is 2.67 bits per heavy atom. The standard InChI is InChI=1S/C12H13ClN4O/c1-14-11-6-15-7-12(17-11)16-8-3-4-10(18-2)9(13)5-8/h3-7H,1-2H3,(H2,14,16,17). The third-order valence-electron chi connectivity index (χ3n) is 2.31. The first kappa shape index (κ1) is 12.4. The van der Waals surface area contributed by atoms with Gasteiger partial charge in [-0.3, -0.25) is 4.98 Å². The summed E-state index contributed by atoms with van der Waals surface area (Å²) >= 11 is 6.04. The quantitative estimate of drug-likeness (QED) is 0.889. The molecule has 0 aliphatic rings. The number of rotatable bonds is 4. The Bertz CT molecular complexity index is 547. The minimum atomic E-state index is 0.542. The van der Waals surface area contributed by atoms with Crippen LogP contribution in [0.4, 0.5) is 17.3 Å². The molecule has 0 spiro atoms. The van der Waals surface area contributed by atoms with Gasteiger partial charge in [0.2, 0.25) is 0 Å². The van der Waals surface area contributed by atoms with E-state index in [1.807, 2.05) is 6.07 Å². The van der Waals surface area contributed by atoms with Crippen LogP contribution in [-0.4, -0.2) is 24.1 Å². The molecule has 2 rings (SSSR count). The number of anilines is 3. The molecule has 94 valence electrons. The molecule has 0 aliphatic carbocycles. The molecule has 2 aromatic rings. The lowest BCUT2D eigenvalue weighted by Gasteiger charge is -2.08. The third-order valence-corrected chi connectivity index (χ3v) is 2.61. The molecule has 1 heterocycles. The molecule has 0 amide bonds. The summed E-state index contributed by atoms with van der Waals surface area (Å²) < 4.78 is 5.09. The van der Waals surface area contributed by atoms with E-state index < -0.39 is 0 Å². The molecular weight excluding hydrogens is 252 g/mol. The summed E-state index contributed by atoms with van der Waals surface area (Å²) in [5.74, 6) is 1.97. The fourth-order valence-corrected chi connectivity index (χ4v) is 1.70. The van der Waals surface area contributed by atoms with E-state index in [4.69, 9.17) is 16.3 Å². The number of hydrogen-bond donors (Lipinski definition) is 2. The van der Waals surface area contributed by atoms with Crippen LogP contribution in [0.3, 0.4) is 0 Å². The van der Waals surface area contributed by atoms with Crippen molar-refractivity contribution in [3.8, 4) is 5.75 Å². The van der Waals surface area contributed by atoms with E-state index in [2.05, 4.69) is 20.6 Å². The lowest BCUT2D eigenvalue weighted by atomic mass is 10.3. The highest BCUT2D eigenvalue weighted by atomic mass is 35.5. The summed E-state index contributed by atoms with van der Waals surface area (Å²) in [6.07, 6.45) is 3.28. The van der Waals surface area contributed by atoms with E-state index in [1.54, 1.807) is 38.7 Å². The first-order chi connectivity index (χ1) is 8.72. The van der Waals surface area contributed by atoms with Gasteiger partial charge in [0.05, 0.1) is 24.5 Å². The van der Waals surface area contributed by atoms with Crippen LogP contribution in [0.15, 0.2) is 30.6 Å². The van der Waals surface area contributed by atoms with Crippen LogP contribution in [0, 0.1) is 0 Å². The van der Waals surface area contributed by atoms with Crippen molar-refractivity contribution in [2.45, 2.75) is 0 Å². The zero-order chi connectivity index (χ0) is 13.0. The summed E-state index contributed by atoms with van der Waals surface area (Å²) in [4.78, 5) is 8.36. The van der Waals surface area contributed by atoms with Gasteiger partial charge in [-0.05, 0) is 18.2 Å². The summed E-state index contributed by atoms with van der Waals surface area (Å²) in [6, 6.07) is 5.42. The monoisotopic (exact) mass is 264 g/mol. The highest BCUT2D eigenvalue weighted by molar-refractivity contribution is 6.32. The minimum Gasteiger partial charge on any atom is -0.495 e. The summed E-state index contributed by atoms with van der Waals surface area (Å²) in [5, 5.41) is 6.58. The number of halogens is 1. The second-order valence-electron chi connectivity index (χ2n) is 3.51. The molecule has 18 heavy (non-hydrogen) atoms. The molecule has 0 atom stereocenters. The number of hydrogen-bond acceptors (Lipinski definition) is 5. The largest absolute Gasteiger partial charge is 0.495 e. The van der Waals surface area contributed by atoms with E-state index in [9.17, 15) is 0 Å². The Morgan fingerprint density at radius 1 is 1.22 bits per heavy atom. The molecule has 1 aromatic heterocycles. The Balaban J connectivity index is 2.20. The maximum atomic E-state index is 6.04. The molecule has 0 aliphatic heterocycles. The Morgan fingerprint density at radius 2 is 2.00 bits per heavy atom. The molecule has 6 heteroatoms. The van der Waals surface area contributed by atoms with Crippen molar-refractivity contribution in [3.63, 3.8) is 0 Å². The molecule has 1 aromatic carbocycles. The van der Waals surface area contributed by atoms with Crippen LogP contribution in [0.2, 0.25) is 5.02 Å². The van der Waals surface area contributed by atoms with Gasteiger partial charge in [-0.15, -0.1) is 0 Å². The van der Waals surface area contributed by atoms with E-state index in [-0.39, 0.29) is 0 Å². The van der Waals surface area contributed by atoms with Crippen LogP contribution < -0.4 is 15.4 Å².